The van der Waals surface area contributed by atoms with Gasteiger partial charge in [-0.2, -0.15) is 5.10 Å². The van der Waals surface area contributed by atoms with Gasteiger partial charge in [0.25, 0.3) is 5.69 Å². The van der Waals surface area contributed by atoms with Crippen LogP contribution in [0.15, 0.2) is 18.5 Å². The number of carbonyl (C=O) groups is 1. The SMILES string of the molecule is Cc1c(CNc2ncc([N+](=O)[O-])cc2C(=O)O)cnn1C. The van der Waals surface area contributed by atoms with Gasteiger partial charge in [-0.25, -0.2) is 9.78 Å². The van der Waals surface area contributed by atoms with E-state index in [0.29, 0.717) is 6.54 Å². The van der Waals surface area contributed by atoms with E-state index in [0.717, 1.165) is 23.5 Å². The summed E-state index contributed by atoms with van der Waals surface area (Å²) in [5, 5.41) is 26.7. The number of nitrogens with one attached hydrogen (secondary N) is 1. The van der Waals surface area contributed by atoms with Crippen molar-refractivity contribution in [1.82, 2.24) is 14.8 Å². The number of hydrogen-bond donors (Lipinski definition) is 2. The molecular weight excluding hydrogens is 278 g/mol. The highest BCUT2D eigenvalue weighted by molar-refractivity contribution is 5.93. The van der Waals surface area contributed by atoms with Crippen LogP contribution < -0.4 is 5.32 Å². The topological polar surface area (TPSA) is 123 Å². The Morgan fingerprint density at radius 2 is 2.24 bits per heavy atom. The molecular formula is C12H13N5O4. The summed E-state index contributed by atoms with van der Waals surface area (Å²) in [5.74, 6) is -1.20. The van der Waals surface area contributed by atoms with Gasteiger partial charge >= 0.3 is 5.97 Å². The number of carboxylic acid groups (broad SMARTS) is 1. The second-order valence-corrected chi connectivity index (χ2v) is 4.38. The molecule has 110 valence electrons. The molecule has 2 heterocycles. The van der Waals surface area contributed by atoms with Gasteiger partial charge in [0.05, 0.1) is 11.1 Å². The minimum absolute atomic E-state index is 0.0800. The fourth-order valence-electron chi connectivity index (χ4n) is 1.75. The molecule has 0 fully saturated rings. The van der Waals surface area contributed by atoms with Crippen LogP contribution in [0, 0.1) is 17.0 Å². The lowest BCUT2D eigenvalue weighted by atomic mass is 10.2. The standard InChI is InChI=1S/C12H13N5O4/c1-7-8(5-15-16(7)2)4-13-11-10(12(18)19)3-9(6-14-11)17(20)21/h3,5-6H,4H2,1-2H3,(H,13,14)(H,18,19). The number of nitro groups is 1. The predicted molar refractivity (Wildman–Crippen MR) is 73.1 cm³/mol. The maximum Gasteiger partial charge on any atom is 0.339 e. The first-order chi connectivity index (χ1) is 9.90. The summed E-state index contributed by atoms with van der Waals surface area (Å²) < 4.78 is 1.69. The van der Waals surface area contributed by atoms with Crippen LogP contribution >= 0.6 is 0 Å². The largest absolute Gasteiger partial charge is 0.478 e. The van der Waals surface area contributed by atoms with E-state index in [9.17, 15) is 14.9 Å². The quantitative estimate of drug-likeness (QED) is 0.629. The number of pyridine rings is 1. The van der Waals surface area contributed by atoms with E-state index in [1.807, 2.05) is 6.92 Å². The van der Waals surface area contributed by atoms with Gasteiger partial charge < -0.3 is 10.4 Å². The molecule has 0 amide bonds. The molecule has 0 aliphatic carbocycles. The number of anilines is 1. The highest BCUT2D eigenvalue weighted by Gasteiger charge is 2.17. The number of aromatic carboxylic acids is 1. The zero-order valence-electron chi connectivity index (χ0n) is 11.4. The van der Waals surface area contributed by atoms with Crippen molar-refractivity contribution in [2.75, 3.05) is 5.32 Å². The van der Waals surface area contributed by atoms with Gasteiger partial charge in [0, 0.05) is 30.9 Å². The highest BCUT2D eigenvalue weighted by Crippen LogP contribution is 2.20. The average Bonchev–Trinajstić information content (AvgIpc) is 2.76. The van der Waals surface area contributed by atoms with Crippen molar-refractivity contribution >= 4 is 17.5 Å². The number of hydrogen-bond acceptors (Lipinski definition) is 6. The first-order valence-electron chi connectivity index (χ1n) is 5.99. The van der Waals surface area contributed by atoms with Crippen molar-refractivity contribution in [3.63, 3.8) is 0 Å². The molecule has 0 aliphatic heterocycles. The minimum atomic E-state index is -1.28. The third-order valence-electron chi connectivity index (χ3n) is 3.10. The second kappa shape index (κ2) is 5.57. The number of aromatic nitrogens is 3. The Morgan fingerprint density at radius 3 is 2.76 bits per heavy atom. The molecule has 0 saturated carbocycles. The Labute approximate surface area is 119 Å². The highest BCUT2D eigenvalue weighted by atomic mass is 16.6. The molecule has 2 rings (SSSR count). The van der Waals surface area contributed by atoms with E-state index in [-0.39, 0.29) is 17.1 Å². The van der Waals surface area contributed by atoms with Crippen LogP contribution in [0.4, 0.5) is 11.5 Å². The van der Waals surface area contributed by atoms with Crippen LogP contribution in [0.1, 0.15) is 21.6 Å². The van der Waals surface area contributed by atoms with Crippen LogP contribution in [-0.2, 0) is 13.6 Å². The third-order valence-corrected chi connectivity index (χ3v) is 3.10. The molecule has 0 aliphatic rings. The molecule has 9 nitrogen and oxygen atoms in total. The molecule has 0 saturated heterocycles. The first kappa shape index (κ1) is 14.4. The van der Waals surface area contributed by atoms with Crippen molar-refractivity contribution in [2.45, 2.75) is 13.5 Å². The van der Waals surface area contributed by atoms with E-state index in [1.165, 1.54) is 0 Å². The van der Waals surface area contributed by atoms with E-state index in [4.69, 9.17) is 5.11 Å². The third kappa shape index (κ3) is 2.96. The zero-order valence-corrected chi connectivity index (χ0v) is 11.4. The van der Waals surface area contributed by atoms with Crippen molar-refractivity contribution in [3.8, 4) is 0 Å². The molecule has 2 aromatic heterocycles. The number of rotatable bonds is 5. The predicted octanol–water partition coefficient (Wildman–Crippen LogP) is 1.34. The van der Waals surface area contributed by atoms with Gasteiger partial charge in [-0.1, -0.05) is 0 Å². The van der Waals surface area contributed by atoms with Gasteiger partial charge in [0.2, 0.25) is 0 Å². The zero-order chi connectivity index (χ0) is 15.6. The Kier molecular flexibility index (Phi) is 3.83. The molecule has 9 heteroatoms. The Balaban J connectivity index is 2.25. The minimum Gasteiger partial charge on any atom is -0.478 e. The summed E-state index contributed by atoms with van der Waals surface area (Å²) >= 11 is 0. The van der Waals surface area contributed by atoms with Crippen molar-refractivity contribution in [1.29, 1.82) is 0 Å². The summed E-state index contributed by atoms with van der Waals surface area (Å²) in [4.78, 5) is 24.9. The smallest absolute Gasteiger partial charge is 0.339 e. The van der Waals surface area contributed by atoms with Crippen LogP contribution in [-0.4, -0.2) is 30.8 Å². The van der Waals surface area contributed by atoms with Crippen LogP contribution in [0.2, 0.25) is 0 Å². The number of carboxylic acids is 1. The maximum absolute atomic E-state index is 11.2. The summed E-state index contributed by atoms with van der Waals surface area (Å²) in [6, 6.07) is 0.980. The number of nitrogens with zero attached hydrogens (tertiary/aromatic N) is 4. The molecule has 0 bridgehead atoms. The van der Waals surface area contributed by atoms with Crippen molar-refractivity contribution < 1.29 is 14.8 Å². The lowest BCUT2D eigenvalue weighted by molar-refractivity contribution is -0.385. The Morgan fingerprint density at radius 1 is 1.52 bits per heavy atom. The summed E-state index contributed by atoms with van der Waals surface area (Å²) in [5.41, 5.74) is 1.21. The van der Waals surface area contributed by atoms with Gasteiger partial charge in [-0.05, 0) is 6.92 Å². The van der Waals surface area contributed by atoms with E-state index >= 15 is 0 Å². The van der Waals surface area contributed by atoms with Gasteiger partial charge in [-0.15, -0.1) is 0 Å². The Bertz CT molecular complexity index is 710. The summed E-state index contributed by atoms with van der Waals surface area (Å²) in [7, 11) is 1.80. The van der Waals surface area contributed by atoms with Crippen LogP contribution in [0.5, 0.6) is 0 Å². The molecule has 2 aromatic rings. The lowest BCUT2D eigenvalue weighted by Gasteiger charge is -2.08. The van der Waals surface area contributed by atoms with Gasteiger partial charge in [0.15, 0.2) is 0 Å². The number of aryl methyl sites for hydroxylation is 1. The van der Waals surface area contributed by atoms with Crippen LogP contribution in [0.25, 0.3) is 0 Å². The van der Waals surface area contributed by atoms with E-state index in [2.05, 4.69) is 15.4 Å². The second-order valence-electron chi connectivity index (χ2n) is 4.38. The summed E-state index contributed by atoms with van der Waals surface area (Å²) in [6.07, 6.45) is 2.68. The fourth-order valence-corrected chi connectivity index (χ4v) is 1.75. The van der Waals surface area contributed by atoms with E-state index < -0.39 is 10.9 Å². The fraction of sp³-hybridized carbons (Fsp3) is 0.250. The van der Waals surface area contributed by atoms with Crippen molar-refractivity contribution in [3.05, 3.63) is 45.4 Å². The first-order valence-corrected chi connectivity index (χ1v) is 5.99. The molecule has 0 aromatic carbocycles. The normalized spacial score (nSPS) is 10.4. The summed E-state index contributed by atoms with van der Waals surface area (Å²) in [6.45, 7) is 2.20. The Hall–Kier alpha value is -2.97. The van der Waals surface area contributed by atoms with Crippen LogP contribution in [0.3, 0.4) is 0 Å². The molecule has 0 unspecified atom stereocenters. The van der Waals surface area contributed by atoms with Gasteiger partial charge in [0.1, 0.15) is 17.6 Å². The van der Waals surface area contributed by atoms with Crippen molar-refractivity contribution in [2.24, 2.45) is 7.05 Å². The monoisotopic (exact) mass is 291 g/mol. The van der Waals surface area contributed by atoms with E-state index in [1.54, 1.807) is 17.9 Å². The maximum atomic E-state index is 11.2. The molecule has 0 radical (unpaired) electrons. The molecule has 21 heavy (non-hydrogen) atoms. The molecule has 2 N–H and O–H groups in total. The molecule has 0 atom stereocenters. The molecule has 0 spiro atoms. The lowest BCUT2D eigenvalue weighted by Crippen LogP contribution is -2.09. The average molecular weight is 291 g/mol. The van der Waals surface area contributed by atoms with Gasteiger partial charge in [-0.3, -0.25) is 14.8 Å².